The number of carbonyl (C=O) groups is 2. The van der Waals surface area contributed by atoms with Gasteiger partial charge in [0.15, 0.2) is 6.10 Å². The maximum absolute atomic E-state index is 12.7. The van der Waals surface area contributed by atoms with Crippen molar-refractivity contribution in [2.24, 2.45) is 5.73 Å². The van der Waals surface area contributed by atoms with E-state index in [1.807, 2.05) is 0 Å². The number of ether oxygens (including phenoxy) is 2. The Morgan fingerprint density at radius 3 is 1.12 bits per heavy atom. The molecule has 0 aromatic carbocycles. The fourth-order valence-electron chi connectivity index (χ4n) is 7.74. The van der Waals surface area contributed by atoms with Gasteiger partial charge >= 0.3 is 19.8 Å². The van der Waals surface area contributed by atoms with E-state index in [1.165, 1.54) is 89.9 Å². The lowest BCUT2D eigenvalue weighted by Crippen LogP contribution is -2.29. The first-order chi connectivity index (χ1) is 36.3. The number of phosphoric ester groups is 1. The van der Waals surface area contributed by atoms with Crippen molar-refractivity contribution < 1.29 is 37.6 Å². The molecule has 0 saturated heterocycles. The van der Waals surface area contributed by atoms with E-state index in [-0.39, 0.29) is 32.6 Å². The van der Waals surface area contributed by atoms with Gasteiger partial charge in [-0.05, 0) is 109 Å². The number of carbonyl (C=O) groups excluding carboxylic acids is 2. The number of esters is 2. The fourth-order valence-corrected chi connectivity index (χ4v) is 8.51. The maximum atomic E-state index is 12.7. The summed E-state index contributed by atoms with van der Waals surface area (Å²) in [5, 5.41) is 0. The Balaban J connectivity index is 4.04. The Hall–Kier alpha value is -3.59. The summed E-state index contributed by atoms with van der Waals surface area (Å²) in [5.41, 5.74) is 5.38. The molecule has 0 aromatic heterocycles. The summed E-state index contributed by atoms with van der Waals surface area (Å²) in [7, 11) is -4.40. The second kappa shape index (κ2) is 58.7. The number of phosphoric acid groups is 1. The van der Waals surface area contributed by atoms with Crippen LogP contribution >= 0.6 is 7.82 Å². The van der Waals surface area contributed by atoms with Crippen LogP contribution in [0.4, 0.5) is 0 Å². The van der Waals surface area contributed by atoms with Gasteiger partial charge in [-0.15, -0.1) is 0 Å². The molecule has 0 radical (unpaired) electrons. The SMILES string of the molecule is CC/C=C\C/C=C\C/C=C\C/C=C\C/C=C\C/C=C\C/C=C\C/C=C\C/C=C\CCCCCCCCCC(=O)OC(COC(=O)CCCCCCCCC/C=C\CCCCCCCCC)COP(=O)(O)OCCN. The molecule has 0 aromatic rings. The first kappa shape index (κ1) is 70.4. The zero-order valence-corrected chi connectivity index (χ0v) is 47.9. The molecular formula is C64H108NO8P. The van der Waals surface area contributed by atoms with Crippen LogP contribution < -0.4 is 5.73 Å². The number of nitrogens with two attached hydrogens (primary N) is 1. The molecule has 3 N–H and O–H groups in total. The van der Waals surface area contributed by atoms with Crippen molar-refractivity contribution >= 4 is 19.8 Å². The van der Waals surface area contributed by atoms with Crippen LogP contribution in [-0.2, 0) is 32.7 Å². The summed E-state index contributed by atoms with van der Waals surface area (Å²) in [6.45, 7) is 3.61. The van der Waals surface area contributed by atoms with Crippen LogP contribution in [0.1, 0.15) is 239 Å². The Bertz CT molecular complexity index is 1620. The Kier molecular flexibility index (Phi) is 55.8. The third-order valence-electron chi connectivity index (χ3n) is 12.1. The summed E-state index contributed by atoms with van der Waals surface area (Å²) < 4.78 is 33.0. The molecular weight excluding hydrogens is 942 g/mol. The molecule has 10 heteroatoms. The molecule has 0 fully saturated rings. The zero-order valence-electron chi connectivity index (χ0n) is 47.0. The zero-order chi connectivity index (χ0) is 53.8. The van der Waals surface area contributed by atoms with E-state index >= 15 is 0 Å². The first-order valence-corrected chi connectivity index (χ1v) is 31.0. The van der Waals surface area contributed by atoms with Crippen molar-refractivity contribution in [2.45, 2.75) is 245 Å². The largest absolute Gasteiger partial charge is 0.472 e. The highest BCUT2D eigenvalue weighted by atomic mass is 31.2. The molecule has 2 unspecified atom stereocenters. The third-order valence-corrected chi connectivity index (χ3v) is 13.1. The van der Waals surface area contributed by atoms with E-state index in [9.17, 15) is 19.0 Å². The predicted octanol–water partition coefficient (Wildman–Crippen LogP) is 18.8. The van der Waals surface area contributed by atoms with E-state index in [2.05, 4.69) is 135 Å². The van der Waals surface area contributed by atoms with Crippen LogP contribution in [0.5, 0.6) is 0 Å². The first-order valence-electron chi connectivity index (χ1n) is 29.5. The monoisotopic (exact) mass is 1050 g/mol. The van der Waals surface area contributed by atoms with E-state index in [0.29, 0.717) is 6.42 Å². The minimum absolute atomic E-state index is 0.0452. The van der Waals surface area contributed by atoms with Crippen molar-refractivity contribution in [1.29, 1.82) is 0 Å². The van der Waals surface area contributed by atoms with Gasteiger partial charge in [0.05, 0.1) is 13.2 Å². The third kappa shape index (κ3) is 57.7. The number of allylic oxidation sites excluding steroid dienone is 20. The highest BCUT2D eigenvalue weighted by molar-refractivity contribution is 7.47. The van der Waals surface area contributed by atoms with Gasteiger partial charge in [-0.1, -0.05) is 238 Å². The van der Waals surface area contributed by atoms with Gasteiger partial charge < -0.3 is 20.1 Å². The number of rotatable bonds is 54. The van der Waals surface area contributed by atoms with Crippen molar-refractivity contribution in [3.8, 4) is 0 Å². The number of hydrogen-bond donors (Lipinski definition) is 2. The van der Waals surface area contributed by atoms with E-state index in [0.717, 1.165) is 116 Å². The van der Waals surface area contributed by atoms with Gasteiger partial charge in [0.25, 0.3) is 0 Å². The lowest BCUT2D eigenvalue weighted by atomic mass is 10.1. The molecule has 0 rings (SSSR count). The maximum Gasteiger partial charge on any atom is 0.472 e. The Morgan fingerprint density at radius 2 is 0.743 bits per heavy atom. The second-order valence-electron chi connectivity index (χ2n) is 19.1. The molecule has 2 atom stereocenters. The van der Waals surface area contributed by atoms with Crippen LogP contribution in [0.25, 0.3) is 0 Å². The lowest BCUT2D eigenvalue weighted by Gasteiger charge is -2.19. The number of hydrogen-bond acceptors (Lipinski definition) is 8. The van der Waals surface area contributed by atoms with E-state index < -0.39 is 32.5 Å². The second-order valence-corrected chi connectivity index (χ2v) is 20.6. The molecule has 0 bridgehead atoms. The van der Waals surface area contributed by atoms with E-state index in [4.69, 9.17) is 24.3 Å². The van der Waals surface area contributed by atoms with Crippen molar-refractivity contribution in [3.63, 3.8) is 0 Å². The highest BCUT2D eigenvalue weighted by Gasteiger charge is 2.26. The van der Waals surface area contributed by atoms with Crippen LogP contribution in [-0.4, -0.2) is 49.3 Å². The summed E-state index contributed by atoms with van der Waals surface area (Å²) in [5.74, 6) is -0.850. The van der Waals surface area contributed by atoms with Crippen LogP contribution in [0, 0.1) is 0 Å². The Morgan fingerprint density at radius 1 is 0.419 bits per heavy atom. The highest BCUT2D eigenvalue weighted by Crippen LogP contribution is 2.43. The van der Waals surface area contributed by atoms with E-state index in [1.54, 1.807) is 0 Å². The molecule has 422 valence electrons. The van der Waals surface area contributed by atoms with Gasteiger partial charge in [0, 0.05) is 19.4 Å². The molecule has 9 nitrogen and oxygen atoms in total. The predicted molar refractivity (Wildman–Crippen MR) is 316 cm³/mol. The lowest BCUT2D eigenvalue weighted by molar-refractivity contribution is -0.161. The summed E-state index contributed by atoms with van der Waals surface area (Å²) in [4.78, 5) is 35.2. The molecule has 0 spiro atoms. The summed E-state index contributed by atoms with van der Waals surface area (Å²) in [6, 6.07) is 0. The van der Waals surface area contributed by atoms with Gasteiger partial charge in [0.2, 0.25) is 0 Å². The minimum atomic E-state index is -4.40. The minimum Gasteiger partial charge on any atom is -0.462 e. The van der Waals surface area contributed by atoms with Gasteiger partial charge in [-0.25, -0.2) is 4.57 Å². The van der Waals surface area contributed by atoms with Crippen molar-refractivity contribution in [2.75, 3.05) is 26.4 Å². The standard InChI is InChI=1S/C64H108NO8P/c1-3-5-7-9-11-13-15-17-19-21-23-24-25-26-27-28-29-30-31-32-33-34-35-36-37-38-39-41-43-45-47-49-51-53-55-57-64(67)73-62(61-72-74(68,69)71-59-58-65)60-70-63(66)56-54-52-50-48-46-44-42-40-22-20-18-16-14-12-10-8-6-4-2/h5,7,11,13,17,19-20,22-24,26-27,29-30,32-33,35-36,38-39,62H,3-4,6,8-10,12,14-16,18,21,25,28,31,34,37,40-61,65H2,1-2H3,(H,68,69)/b7-5-,13-11-,19-17-,22-20-,24-23-,27-26-,30-29-,33-32-,36-35-,39-38-. The van der Waals surface area contributed by atoms with Crippen molar-refractivity contribution in [1.82, 2.24) is 0 Å². The van der Waals surface area contributed by atoms with Gasteiger partial charge in [-0.2, -0.15) is 0 Å². The molecule has 74 heavy (non-hydrogen) atoms. The van der Waals surface area contributed by atoms with Crippen molar-refractivity contribution in [3.05, 3.63) is 122 Å². The fraction of sp³-hybridized carbons (Fsp3) is 0.656. The normalized spacial score (nSPS) is 13.9. The summed E-state index contributed by atoms with van der Waals surface area (Å²) in [6.07, 6.45) is 81.1. The van der Waals surface area contributed by atoms with Crippen LogP contribution in [0.3, 0.4) is 0 Å². The average molecular weight is 1050 g/mol. The summed E-state index contributed by atoms with van der Waals surface area (Å²) >= 11 is 0. The molecule has 0 amide bonds. The topological polar surface area (TPSA) is 134 Å². The van der Waals surface area contributed by atoms with Gasteiger partial charge in [0.1, 0.15) is 6.61 Å². The molecule has 0 aliphatic rings. The van der Waals surface area contributed by atoms with Crippen LogP contribution in [0.15, 0.2) is 122 Å². The van der Waals surface area contributed by atoms with Crippen LogP contribution in [0.2, 0.25) is 0 Å². The molecule has 0 heterocycles. The Labute approximate surface area is 453 Å². The van der Waals surface area contributed by atoms with Gasteiger partial charge in [-0.3, -0.25) is 18.6 Å². The number of unbranched alkanes of at least 4 members (excludes halogenated alkanes) is 21. The smallest absolute Gasteiger partial charge is 0.462 e. The molecule has 0 aliphatic carbocycles. The average Bonchev–Trinajstić information content (AvgIpc) is 3.39. The molecule has 0 saturated carbocycles. The quantitative estimate of drug-likeness (QED) is 0.0264. The molecule has 0 aliphatic heterocycles.